The van der Waals surface area contributed by atoms with Crippen LogP contribution in [-0.2, 0) is 0 Å². The number of amidine groups is 1. The molecular formula is C8H12ClIN4. The molecule has 2 heterocycles. The summed E-state index contributed by atoms with van der Waals surface area (Å²) in [5.74, 6) is 0. The zero-order valence-corrected chi connectivity index (χ0v) is 11.0. The van der Waals surface area contributed by atoms with E-state index in [4.69, 9.17) is 11.6 Å². The molecule has 2 aliphatic rings. The summed E-state index contributed by atoms with van der Waals surface area (Å²) < 4.78 is 6.91. The van der Waals surface area contributed by atoms with Gasteiger partial charge in [0, 0.05) is 6.04 Å². The van der Waals surface area contributed by atoms with Crippen LogP contribution in [0.5, 0.6) is 0 Å². The quantitative estimate of drug-likeness (QED) is 0.456. The summed E-state index contributed by atoms with van der Waals surface area (Å²) in [7, 11) is 0. The highest BCUT2D eigenvalue weighted by atomic mass is 127. The maximum atomic E-state index is 5.91. The summed E-state index contributed by atoms with van der Waals surface area (Å²) in [5.41, 5.74) is 1.10. The Morgan fingerprint density at radius 2 is 2.50 bits per heavy atom. The third-order valence-electron chi connectivity index (χ3n) is 2.03. The first-order valence-electron chi connectivity index (χ1n) is 4.49. The van der Waals surface area contributed by atoms with E-state index in [9.17, 15) is 0 Å². The molecule has 0 saturated carbocycles. The molecule has 0 radical (unpaired) electrons. The maximum Gasteiger partial charge on any atom is 0.193 e. The van der Waals surface area contributed by atoms with E-state index < -0.39 is 0 Å². The van der Waals surface area contributed by atoms with Crippen molar-refractivity contribution in [2.24, 2.45) is 8.14 Å². The molecule has 0 spiro atoms. The lowest BCUT2D eigenvalue weighted by atomic mass is 10.3. The topological polar surface area (TPSA) is 40.0 Å². The van der Waals surface area contributed by atoms with Crippen molar-refractivity contribution in [1.82, 2.24) is 8.43 Å². The van der Waals surface area contributed by atoms with E-state index in [0.29, 0.717) is 17.9 Å². The molecule has 4 nitrogen and oxygen atoms in total. The van der Waals surface area contributed by atoms with Gasteiger partial charge in [-0.2, -0.15) is 0 Å². The first-order valence-corrected chi connectivity index (χ1v) is 6.79. The summed E-state index contributed by atoms with van der Waals surface area (Å²) >= 11 is 5.67. The highest BCUT2D eigenvalue weighted by Crippen LogP contribution is 2.33. The molecule has 2 aliphatic heterocycles. The van der Waals surface area contributed by atoms with Gasteiger partial charge in [0.05, 0.1) is 33.5 Å². The number of nitrogens with zero attached hydrogens (tertiary/aromatic N) is 3. The highest BCUT2D eigenvalue weighted by molar-refractivity contribution is 14.1. The lowest BCUT2D eigenvalue weighted by molar-refractivity contribution is 0.352. The molecule has 6 heteroatoms. The minimum absolute atomic E-state index is 0.154. The van der Waals surface area contributed by atoms with Crippen LogP contribution in [-0.4, -0.2) is 27.2 Å². The molecule has 14 heavy (non-hydrogen) atoms. The van der Waals surface area contributed by atoms with Gasteiger partial charge in [0.2, 0.25) is 0 Å². The molecule has 0 aromatic heterocycles. The largest absolute Gasteiger partial charge is 0.339 e. The van der Waals surface area contributed by atoms with Gasteiger partial charge in [-0.3, -0.25) is 4.99 Å². The van der Waals surface area contributed by atoms with Crippen molar-refractivity contribution in [3.63, 3.8) is 0 Å². The molecule has 0 aromatic rings. The molecule has 1 atom stereocenters. The Hall–Kier alpha value is -0.0100. The third-order valence-corrected chi connectivity index (χ3v) is 5.20. The summed E-state index contributed by atoms with van der Waals surface area (Å²) in [5, 5.41) is 3.67. The summed E-state index contributed by atoms with van der Waals surface area (Å²) in [6.45, 7) is 4.99. The first-order chi connectivity index (χ1) is 6.68. The Morgan fingerprint density at radius 1 is 1.71 bits per heavy atom. The minimum atomic E-state index is -0.235. The summed E-state index contributed by atoms with van der Waals surface area (Å²) in [6.07, 6.45) is 2.20. The lowest BCUT2D eigenvalue weighted by Gasteiger charge is -2.25. The average molecular weight is 327 g/mol. The fourth-order valence-corrected chi connectivity index (χ4v) is 3.65. The molecule has 2 rings (SSSR count). The van der Waals surface area contributed by atoms with Gasteiger partial charge in [0.25, 0.3) is 0 Å². The van der Waals surface area contributed by atoms with Crippen LogP contribution in [0.1, 0.15) is 13.8 Å². The number of hydrogen-bond donors (Lipinski definition) is 1. The van der Waals surface area contributed by atoms with Gasteiger partial charge in [-0.05, 0) is 31.5 Å². The van der Waals surface area contributed by atoms with Crippen LogP contribution < -0.4 is 5.32 Å². The van der Waals surface area contributed by atoms with Crippen molar-refractivity contribution >= 4 is 38.2 Å². The number of rotatable bonds is 1. The van der Waals surface area contributed by atoms with Crippen molar-refractivity contribution in [1.29, 1.82) is 0 Å². The SMILES string of the molecule is CC(C)N1I=NC2=CCN=C(Cl)NC21. The Labute approximate surface area is 98.9 Å². The van der Waals surface area contributed by atoms with Gasteiger partial charge in [-0.15, -0.1) is 0 Å². The fourth-order valence-electron chi connectivity index (χ4n) is 1.35. The molecule has 1 N–H and O–H groups in total. The first kappa shape index (κ1) is 10.5. The number of nitrogens with one attached hydrogen (secondary N) is 1. The standard InChI is InChI=1S/C8H12ClIN4/c1-5(2)14-7-6(13-10-14)3-4-11-8(9)12-7/h3,5,7H,4H2,1-2H3,(H,11,12). The normalized spacial score (nSPS) is 27.3. The predicted molar refractivity (Wildman–Crippen MR) is 66.6 cm³/mol. The maximum absolute atomic E-state index is 5.91. The molecule has 0 amide bonds. The zero-order chi connectivity index (χ0) is 10.1. The van der Waals surface area contributed by atoms with Crippen molar-refractivity contribution < 1.29 is 0 Å². The van der Waals surface area contributed by atoms with E-state index in [1.807, 2.05) is 0 Å². The number of hydrogen-bond acceptors (Lipinski definition) is 4. The monoisotopic (exact) mass is 326 g/mol. The molecule has 0 fully saturated rings. The van der Waals surface area contributed by atoms with Crippen LogP contribution in [0.3, 0.4) is 0 Å². The predicted octanol–water partition coefficient (Wildman–Crippen LogP) is 2.19. The van der Waals surface area contributed by atoms with Gasteiger partial charge in [0.1, 0.15) is 6.17 Å². The van der Waals surface area contributed by atoms with E-state index in [0.717, 1.165) is 5.70 Å². The number of aliphatic imine (C=N–C) groups is 1. The second kappa shape index (κ2) is 4.24. The molecule has 78 valence electrons. The van der Waals surface area contributed by atoms with Crippen molar-refractivity contribution in [2.75, 3.05) is 6.54 Å². The Bertz CT molecular complexity index is 323. The van der Waals surface area contributed by atoms with Crippen LogP contribution >= 0.6 is 32.9 Å². The zero-order valence-electron chi connectivity index (χ0n) is 8.04. The van der Waals surface area contributed by atoms with Crippen LogP contribution in [0.2, 0.25) is 0 Å². The lowest BCUT2D eigenvalue weighted by Crippen LogP contribution is -2.43. The van der Waals surface area contributed by atoms with Crippen molar-refractivity contribution in [3.8, 4) is 0 Å². The van der Waals surface area contributed by atoms with E-state index in [-0.39, 0.29) is 27.5 Å². The average Bonchev–Trinajstić information content (AvgIpc) is 2.41. The van der Waals surface area contributed by atoms with E-state index >= 15 is 0 Å². The van der Waals surface area contributed by atoms with E-state index in [2.05, 4.69) is 36.5 Å². The van der Waals surface area contributed by atoms with Crippen molar-refractivity contribution in [3.05, 3.63) is 11.8 Å². The molecule has 1 unspecified atom stereocenters. The Balaban J connectivity index is 2.22. The van der Waals surface area contributed by atoms with E-state index in [1.54, 1.807) is 0 Å². The summed E-state index contributed by atoms with van der Waals surface area (Å²) in [6, 6.07) is 0.498. The highest BCUT2D eigenvalue weighted by Gasteiger charge is 2.30. The van der Waals surface area contributed by atoms with Gasteiger partial charge < -0.3 is 5.32 Å². The van der Waals surface area contributed by atoms with Crippen LogP contribution in [0.25, 0.3) is 0 Å². The van der Waals surface area contributed by atoms with Gasteiger partial charge in [-0.25, -0.2) is 6.26 Å². The van der Waals surface area contributed by atoms with Crippen molar-refractivity contribution in [2.45, 2.75) is 26.1 Å². The van der Waals surface area contributed by atoms with Gasteiger partial charge >= 0.3 is 0 Å². The molecular weight excluding hydrogens is 314 g/mol. The van der Waals surface area contributed by atoms with Gasteiger partial charge in [-0.1, -0.05) is 0 Å². The minimum Gasteiger partial charge on any atom is -0.339 e. The Kier molecular flexibility index (Phi) is 3.18. The summed E-state index contributed by atoms with van der Waals surface area (Å²) in [4.78, 5) is 4.12. The van der Waals surface area contributed by atoms with E-state index in [1.165, 1.54) is 0 Å². The number of fused-ring (bicyclic) bond motifs is 1. The second-order valence-corrected chi connectivity index (χ2v) is 5.79. The second-order valence-electron chi connectivity index (χ2n) is 3.41. The molecule has 0 saturated heterocycles. The fraction of sp³-hybridized carbons (Fsp3) is 0.625. The molecule has 0 aromatic carbocycles. The van der Waals surface area contributed by atoms with Crippen LogP contribution in [0.4, 0.5) is 0 Å². The number of halogens is 2. The van der Waals surface area contributed by atoms with Crippen LogP contribution in [0, 0.1) is 0 Å². The molecule has 0 aliphatic carbocycles. The Morgan fingerprint density at radius 3 is 3.21 bits per heavy atom. The third kappa shape index (κ3) is 1.99. The van der Waals surface area contributed by atoms with Crippen LogP contribution in [0.15, 0.2) is 19.9 Å². The molecule has 0 bridgehead atoms. The van der Waals surface area contributed by atoms with Gasteiger partial charge in [0.15, 0.2) is 5.29 Å². The smallest absolute Gasteiger partial charge is 0.193 e.